The van der Waals surface area contributed by atoms with Crippen molar-refractivity contribution in [3.05, 3.63) is 103 Å². The number of hydrogen-bond donors (Lipinski definition) is 0. The van der Waals surface area contributed by atoms with Crippen LogP contribution in [0.25, 0.3) is 0 Å². The first-order valence-electron chi connectivity index (χ1n) is 9.42. The van der Waals surface area contributed by atoms with Crippen molar-refractivity contribution in [1.82, 2.24) is 5.01 Å². The Bertz CT molecular complexity index is 1230. The van der Waals surface area contributed by atoms with Crippen molar-refractivity contribution >= 4 is 34.6 Å². The Morgan fingerprint density at radius 1 is 1.13 bits per heavy atom. The van der Waals surface area contributed by atoms with Crippen LogP contribution >= 0.6 is 23.2 Å². The first-order valence-corrected chi connectivity index (χ1v) is 10.2. The molecule has 0 unspecified atom stereocenters. The Hall–Kier alpha value is -3.16. The molecule has 2 aliphatic heterocycles. The summed E-state index contributed by atoms with van der Waals surface area (Å²) in [4.78, 5) is 10.8. The summed E-state index contributed by atoms with van der Waals surface area (Å²) in [6.45, 7) is 0. The Morgan fingerprint density at radius 3 is 2.65 bits per heavy atom. The van der Waals surface area contributed by atoms with Crippen LogP contribution in [0.3, 0.4) is 0 Å². The highest BCUT2D eigenvalue weighted by Gasteiger charge is 2.42. The van der Waals surface area contributed by atoms with Crippen LogP contribution in [0, 0.1) is 15.9 Å². The summed E-state index contributed by atoms with van der Waals surface area (Å²) in [6, 6.07) is 15.5. The average molecular weight is 458 g/mol. The first kappa shape index (κ1) is 19.8. The van der Waals surface area contributed by atoms with E-state index in [1.165, 1.54) is 24.3 Å². The Balaban J connectivity index is 1.63. The molecule has 2 atom stereocenters. The molecule has 9 heteroatoms. The number of hydrazone groups is 1. The molecule has 2 heterocycles. The molecule has 0 fully saturated rings. The Labute approximate surface area is 186 Å². The van der Waals surface area contributed by atoms with Crippen molar-refractivity contribution in [2.45, 2.75) is 18.7 Å². The lowest BCUT2D eigenvalue weighted by atomic mass is 9.96. The molecular formula is C22H14Cl2FN3O3. The van der Waals surface area contributed by atoms with Gasteiger partial charge in [0, 0.05) is 34.7 Å². The summed E-state index contributed by atoms with van der Waals surface area (Å²) < 4.78 is 19.6. The maximum atomic E-state index is 13.4. The fourth-order valence-corrected chi connectivity index (χ4v) is 4.50. The van der Waals surface area contributed by atoms with Crippen molar-refractivity contribution in [2.24, 2.45) is 5.10 Å². The van der Waals surface area contributed by atoms with Gasteiger partial charge in [-0.2, -0.15) is 5.10 Å². The van der Waals surface area contributed by atoms with E-state index in [2.05, 4.69) is 0 Å². The summed E-state index contributed by atoms with van der Waals surface area (Å²) in [5, 5.41) is 18.6. The van der Waals surface area contributed by atoms with E-state index in [-0.39, 0.29) is 17.5 Å². The summed E-state index contributed by atoms with van der Waals surface area (Å²) in [7, 11) is 0. The SMILES string of the molecule is O=[N+]([O-])c1cccc([C@H]2Oc3c(Cl)cc(Cl)cc3[C@@H]3CC(c4ccc(F)cc4)=NN23)c1. The fraction of sp³-hybridized carbons (Fsp3) is 0.136. The number of fused-ring (bicyclic) bond motifs is 3. The molecular weight excluding hydrogens is 444 g/mol. The van der Waals surface area contributed by atoms with Gasteiger partial charge in [-0.15, -0.1) is 0 Å². The minimum absolute atomic E-state index is 0.0485. The van der Waals surface area contributed by atoms with Crippen LogP contribution in [-0.2, 0) is 0 Å². The van der Waals surface area contributed by atoms with Gasteiger partial charge in [0.15, 0.2) is 0 Å². The highest BCUT2D eigenvalue weighted by molar-refractivity contribution is 6.35. The lowest BCUT2D eigenvalue weighted by Crippen LogP contribution is -2.33. The molecule has 31 heavy (non-hydrogen) atoms. The number of nitro benzene ring substituents is 1. The monoisotopic (exact) mass is 457 g/mol. The molecule has 156 valence electrons. The number of non-ortho nitro benzene ring substituents is 1. The number of nitro groups is 1. The predicted molar refractivity (Wildman–Crippen MR) is 115 cm³/mol. The highest BCUT2D eigenvalue weighted by atomic mass is 35.5. The van der Waals surface area contributed by atoms with Crippen molar-refractivity contribution in [1.29, 1.82) is 0 Å². The van der Waals surface area contributed by atoms with Crippen molar-refractivity contribution < 1.29 is 14.1 Å². The molecule has 0 N–H and O–H groups in total. The Morgan fingerprint density at radius 2 is 1.90 bits per heavy atom. The third-order valence-corrected chi connectivity index (χ3v) is 5.85. The van der Waals surface area contributed by atoms with Crippen molar-refractivity contribution in [2.75, 3.05) is 0 Å². The largest absolute Gasteiger partial charge is 0.463 e. The molecule has 0 spiro atoms. The lowest BCUT2D eigenvalue weighted by Gasteiger charge is -2.38. The van der Waals surface area contributed by atoms with Crippen LogP contribution in [0.5, 0.6) is 5.75 Å². The normalized spacial score (nSPS) is 19.3. The van der Waals surface area contributed by atoms with E-state index in [1.54, 1.807) is 41.4 Å². The first-order chi connectivity index (χ1) is 14.9. The molecule has 0 saturated heterocycles. The highest BCUT2D eigenvalue weighted by Crippen LogP contribution is 2.51. The zero-order chi connectivity index (χ0) is 21.7. The molecule has 0 radical (unpaired) electrons. The van der Waals surface area contributed by atoms with Crippen LogP contribution in [-0.4, -0.2) is 15.6 Å². The molecule has 5 rings (SSSR count). The van der Waals surface area contributed by atoms with Gasteiger partial charge in [0.05, 0.1) is 21.7 Å². The zero-order valence-electron chi connectivity index (χ0n) is 15.8. The van der Waals surface area contributed by atoms with Crippen LogP contribution in [0.2, 0.25) is 10.0 Å². The molecule has 0 amide bonds. The van der Waals surface area contributed by atoms with Gasteiger partial charge in [0.2, 0.25) is 6.23 Å². The number of benzene rings is 3. The molecule has 3 aromatic rings. The van der Waals surface area contributed by atoms with E-state index in [0.717, 1.165) is 16.8 Å². The summed E-state index contributed by atoms with van der Waals surface area (Å²) >= 11 is 12.7. The van der Waals surface area contributed by atoms with E-state index in [4.69, 9.17) is 33.0 Å². The number of rotatable bonds is 3. The third-order valence-electron chi connectivity index (χ3n) is 5.35. The molecule has 2 aliphatic rings. The fourth-order valence-electron chi connectivity index (χ4n) is 3.94. The van der Waals surface area contributed by atoms with E-state index in [9.17, 15) is 14.5 Å². The molecule has 3 aromatic carbocycles. The standard InChI is InChI=1S/C22H14Cl2FN3O3/c23-14-9-17-20-11-19(12-4-6-15(25)7-5-12)26-27(20)22(31-21(17)18(24)10-14)13-2-1-3-16(8-13)28(29)30/h1-10,20,22H,11H2/t20-,22+/m0/s1. The summed E-state index contributed by atoms with van der Waals surface area (Å²) in [5.41, 5.74) is 2.82. The predicted octanol–water partition coefficient (Wildman–Crippen LogP) is 6.28. The van der Waals surface area contributed by atoms with Gasteiger partial charge < -0.3 is 4.74 Å². The number of nitrogens with zero attached hydrogens (tertiary/aromatic N) is 3. The quantitative estimate of drug-likeness (QED) is 0.342. The summed E-state index contributed by atoms with van der Waals surface area (Å²) in [5.74, 6) is 0.140. The second-order valence-electron chi connectivity index (χ2n) is 7.28. The minimum Gasteiger partial charge on any atom is -0.463 e. The molecule has 0 bridgehead atoms. The van der Waals surface area contributed by atoms with Gasteiger partial charge in [0.25, 0.3) is 5.69 Å². The second kappa shape index (κ2) is 7.51. The van der Waals surface area contributed by atoms with Crippen LogP contribution in [0.4, 0.5) is 10.1 Å². The van der Waals surface area contributed by atoms with Gasteiger partial charge in [-0.1, -0.05) is 47.5 Å². The maximum Gasteiger partial charge on any atom is 0.269 e. The van der Waals surface area contributed by atoms with E-state index < -0.39 is 11.2 Å². The third kappa shape index (κ3) is 3.49. The summed E-state index contributed by atoms with van der Waals surface area (Å²) in [6.07, 6.45) is -0.210. The number of halogens is 3. The lowest BCUT2D eigenvalue weighted by molar-refractivity contribution is -0.385. The number of hydrogen-bond acceptors (Lipinski definition) is 5. The van der Waals surface area contributed by atoms with Gasteiger partial charge in [-0.3, -0.25) is 10.1 Å². The van der Waals surface area contributed by atoms with Crippen LogP contribution in [0.15, 0.2) is 65.8 Å². The van der Waals surface area contributed by atoms with Crippen molar-refractivity contribution in [3.63, 3.8) is 0 Å². The van der Waals surface area contributed by atoms with E-state index in [0.29, 0.717) is 27.8 Å². The van der Waals surface area contributed by atoms with Gasteiger partial charge >= 0.3 is 0 Å². The molecule has 0 aromatic heterocycles. The van der Waals surface area contributed by atoms with Gasteiger partial charge in [0.1, 0.15) is 11.6 Å². The Kier molecular flexibility index (Phi) is 4.79. The maximum absolute atomic E-state index is 13.4. The van der Waals surface area contributed by atoms with E-state index >= 15 is 0 Å². The topological polar surface area (TPSA) is 68.0 Å². The second-order valence-corrected chi connectivity index (χ2v) is 8.13. The zero-order valence-corrected chi connectivity index (χ0v) is 17.3. The molecule has 0 aliphatic carbocycles. The molecule has 0 saturated carbocycles. The van der Waals surface area contributed by atoms with Crippen LogP contribution < -0.4 is 4.74 Å². The van der Waals surface area contributed by atoms with E-state index in [1.807, 2.05) is 0 Å². The minimum atomic E-state index is -0.728. The average Bonchev–Trinajstić information content (AvgIpc) is 3.19. The number of ether oxygens (including phenoxy) is 1. The molecule has 6 nitrogen and oxygen atoms in total. The van der Waals surface area contributed by atoms with Crippen LogP contribution in [0.1, 0.15) is 35.4 Å². The van der Waals surface area contributed by atoms with Gasteiger partial charge in [-0.05, 0) is 29.8 Å². The van der Waals surface area contributed by atoms with Gasteiger partial charge in [-0.25, -0.2) is 9.40 Å². The smallest absolute Gasteiger partial charge is 0.269 e. The van der Waals surface area contributed by atoms with Crippen molar-refractivity contribution in [3.8, 4) is 5.75 Å².